The van der Waals surface area contributed by atoms with E-state index < -0.39 is 29.4 Å². The average molecular weight is 405 g/mol. The maximum Gasteiger partial charge on any atom is 0.434 e. The van der Waals surface area contributed by atoms with E-state index in [4.69, 9.17) is 4.74 Å². The maximum absolute atomic E-state index is 13.4. The Morgan fingerprint density at radius 3 is 2.76 bits per heavy atom. The summed E-state index contributed by atoms with van der Waals surface area (Å²) in [6.45, 7) is 5.18. The highest BCUT2D eigenvalue weighted by Crippen LogP contribution is 2.31. The van der Waals surface area contributed by atoms with E-state index in [2.05, 4.69) is 21.9 Å². The molecule has 0 radical (unpaired) electrons. The van der Waals surface area contributed by atoms with Crippen LogP contribution in [0.4, 0.5) is 24.8 Å². The smallest absolute Gasteiger partial charge is 0.434 e. The highest BCUT2D eigenvalue weighted by molar-refractivity contribution is 5.90. The number of phenols is 1. The molecule has 29 heavy (non-hydrogen) atoms. The minimum Gasteiger partial charge on any atom is -0.508 e. The first-order valence-electron chi connectivity index (χ1n) is 8.35. The Morgan fingerprint density at radius 2 is 2.10 bits per heavy atom. The van der Waals surface area contributed by atoms with Crippen molar-refractivity contribution in [2.45, 2.75) is 13.1 Å². The van der Waals surface area contributed by atoms with Gasteiger partial charge in [-0.3, -0.25) is 0 Å². The van der Waals surface area contributed by atoms with Gasteiger partial charge in [-0.05, 0) is 24.6 Å². The molecule has 0 amide bonds. The zero-order valence-corrected chi connectivity index (χ0v) is 15.4. The Bertz CT molecular complexity index is 953. The van der Waals surface area contributed by atoms with Crippen LogP contribution in [0.15, 0.2) is 66.9 Å². The molecule has 0 aliphatic carbocycles. The van der Waals surface area contributed by atoms with Crippen LogP contribution in [0, 0.1) is 0 Å². The molecule has 0 bridgehead atoms. The summed E-state index contributed by atoms with van der Waals surface area (Å²) in [4.78, 5) is 19.3. The van der Waals surface area contributed by atoms with Gasteiger partial charge in [-0.1, -0.05) is 36.9 Å². The van der Waals surface area contributed by atoms with Crippen LogP contribution < -0.4 is 5.32 Å². The van der Waals surface area contributed by atoms with E-state index in [1.54, 1.807) is 24.3 Å². The molecule has 0 aliphatic heterocycles. The normalized spacial score (nSPS) is 11.7. The molecule has 9 heteroatoms. The lowest BCUT2D eigenvalue weighted by atomic mass is 10.2. The molecule has 1 aromatic heterocycles. The van der Waals surface area contributed by atoms with Crippen LogP contribution in [0.25, 0.3) is 0 Å². The van der Waals surface area contributed by atoms with E-state index in [1.165, 1.54) is 24.3 Å². The number of carbonyl (C=O) groups is 1. The van der Waals surface area contributed by atoms with E-state index in [-0.39, 0.29) is 18.0 Å². The van der Waals surface area contributed by atoms with Crippen molar-refractivity contribution in [3.63, 3.8) is 0 Å². The van der Waals surface area contributed by atoms with E-state index in [0.717, 1.165) is 6.20 Å². The van der Waals surface area contributed by atoms with Crippen molar-refractivity contribution in [3.05, 3.63) is 78.2 Å². The number of ether oxygens (including phenoxy) is 1. The average Bonchev–Trinajstić information content (AvgIpc) is 2.65. The number of halogens is 3. The first-order chi connectivity index (χ1) is 13.7. The topological polar surface area (TPSA) is 84.3 Å². The van der Waals surface area contributed by atoms with Crippen molar-refractivity contribution in [2.24, 2.45) is 0 Å². The Labute approximate surface area is 165 Å². The standard InChI is InChI=1S/C20H18F3N3O3/c1-3-4-5-7-13(2)12-29-18(28)16-11-24-19(26-17(16)20(21,22)23)25-14-8-6-9-15(27)10-14/h3-11,27H,2,12H2,1H3,(H,24,25,26)/b4-3-,7-5-. The highest BCUT2D eigenvalue weighted by atomic mass is 19.4. The van der Waals surface area contributed by atoms with Crippen molar-refractivity contribution in [3.8, 4) is 5.75 Å². The predicted molar refractivity (Wildman–Crippen MR) is 102 cm³/mol. The first-order valence-corrected chi connectivity index (χ1v) is 8.35. The van der Waals surface area contributed by atoms with E-state index >= 15 is 0 Å². The summed E-state index contributed by atoms with van der Waals surface area (Å²) < 4.78 is 45.1. The molecule has 0 aliphatic rings. The summed E-state index contributed by atoms with van der Waals surface area (Å²) in [6.07, 6.45) is 2.55. The maximum atomic E-state index is 13.4. The van der Waals surface area contributed by atoms with Crippen molar-refractivity contribution in [1.29, 1.82) is 0 Å². The Balaban J connectivity index is 2.20. The fourth-order valence-electron chi connectivity index (χ4n) is 2.11. The van der Waals surface area contributed by atoms with Crippen LogP contribution in [0.3, 0.4) is 0 Å². The zero-order valence-electron chi connectivity index (χ0n) is 15.4. The minimum atomic E-state index is -4.91. The number of carbonyl (C=O) groups excluding carboxylic acids is 1. The van der Waals surface area contributed by atoms with Gasteiger partial charge in [0.25, 0.3) is 0 Å². The Hall–Kier alpha value is -3.62. The van der Waals surface area contributed by atoms with Crippen molar-refractivity contribution >= 4 is 17.6 Å². The number of anilines is 2. The number of phenolic OH excluding ortho intramolecular Hbond substituents is 1. The fraction of sp³-hybridized carbons (Fsp3) is 0.150. The van der Waals surface area contributed by atoms with Crippen molar-refractivity contribution in [2.75, 3.05) is 11.9 Å². The second-order valence-electron chi connectivity index (χ2n) is 5.75. The SMILES string of the molecule is C=C(/C=C\C=C/C)COC(=O)c1cnc(Nc2cccc(O)c2)nc1C(F)(F)F. The van der Waals surface area contributed by atoms with Crippen LogP contribution in [0.2, 0.25) is 0 Å². The van der Waals surface area contributed by atoms with Gasteiger partial charge in [-0.2, -0.15) is 13.2 Å². The molecule has 1 heterocycles. The van der Waals surface area contributed by atoms with Gasteiger partial charge in [0.05, 0.1) is 0 Å². The number of nitrogens with zero attached hydrogens (tertiary/aromatic N) is 2. The van der Waals surface area contributed by atoms with E-state index in [9.17, 15) is 23.1 Å². The molecule has 2 aromatic rings. The Kier molecular flexibility index (Phi) is 7.13. The summed E-state index contributed by atoms with van der Waals surface area (Å²) in [7, 11) is 0. The molecule has 0 saturated heterocycles. The van der Waals surface area contributed by atoms with Gasteiger partial charge in [0, 0.05) is 18.0 Å². The molecule has 0 spiro atoms. The number of aromatic nitrogens is 2. The number of esters is 1. The molecular weight excluding hydrogens is 387 g/mol. The molecule has 0 fully saturated rings. The van der Waals surface area contributed by atoms with Gasteiger partial charge < -0.3 is 15.2 Å². The van der Waals surface area contributed by atoms with Gasteiger partial charge in [-0.25, -0.2) is 14.8 Å². The first kappa shape index (κ1) is 21.7. The van der Waals surface area contributed by atoms with Gasteiger partial charge in [0.2, 0.25) is 5.95 Å². The number of aromatic hydroxyl groups is 1. The van der Waals surface area contributed by atoms with Gasteiger partial charge in [0.15, 0.2) is 5.69 Å². The molecule has 2 rings (SSSR count). The summed E-state index contributed by atoms with van der Waals surface area (Å²) in [6, 6.07) is 5.68. The molecular formula is C20H18F3N3O3. The summed E-state index contributed by atoms with van der Waals surface area (Å²) in [5.41, 5.74) is -1.58. The summed E-state index contributed by atoms with van der Waals surface area (Å²) in [5.74, 6) is -1.70. The molecule has 1 aromatic carbocycles. The lowest BCUT2D eigenvalue weighted by Gasteiger charge is -2.13. The van der Waals surface area contributed by atoms with Gasteiger partial charge in [-0.15, -0.1) is 0 Å². The number of nitrogens with one attached hydrogen (secondary N) is 1. The van der Waals surface area contributed by atoms with Crippen LogP contribution >= 0.6 is 0 Å². The largest absolute Gasteiger partial charge is 0.508 e. The Morgan fingerprint density at radius 1 is 1.34 bits per heavy atom. The monoisotopic (exact) mass is 405 g/mol. The molecule has 2 N–H and O–H groups in total. The number of hydrogen-bond donors (Lipinski definition) is 2. The van der Waals surface area contributed by atoms with Gasteiger partial charge >= 0.3 is 12.1 Å². The third kappa shape index (κ3) is 6.49. The second-order valence-corrected chi connectivity index (χ2v) is 5.75. The fourth-order valence-corrected chi connectivity index (χ4v) is 2.11. The van der Waals surface area contributed by atoms with E-state index in [0.29, 0.717) is 5.57 Å². The molecule has 0 saturated carbocycles. The third-order valence-corrected chi connectivity index (χ3v) is 3.40. The van der Waals surface area contributed by atoms with Crippen LogP contribution in [-0.4, -0.2) is 27.7 Å². The quantitative estimate of drug-likeness (QED) is 0.509. The lowest BCUT2D eigenvalue weighted by Crippen LogP contribution is -2.19. The van der Waals surface area contributed by atoms with Crippen LogP contribution in [-0.2, 0) is 10.9 Å². The molecule has 0 unspecified atom stereocenters. The number of allylic oxidation sites excluding steroid dienone is 3. The van der Waals surface area contributed by atoms with Crippen molar-refractivity contribution in [1.82, 2.24) is 9.97 Å². The minimum absolute atomic E-state index is 0.0880. The number of rotatable bonds is 7. The third-order valence-electron chi connectivity index (χ3n) is 3.40. The second kappa shape index (κ2) is 9.54. The van der Waals surface area contributed by atoms with E-state index in [1.807, 2.05) is 6.92 Å². The number of hydrogen-bond acceptors (Lipinski definition) is 6. The number of alkyl halides is 3. The summed E-state index contributed by atoms with van der Waals surface area (Å²) in [5, 5.41) is 12.0. The predicted octanol–water partition coefficient (Wildman–Crippen LogP) is 4.79. The van der Waals surface area contributed by atoms with Crippen molar-refractivity contribution < 1.29 is 27.8 Å². The van der Waals surface area contributed by atoms with Crippen LogP contribution in [0.5, 0.6) is 5.75 Å². The number of benzene rings is 1. The molecule has 152 valence electrons. The van der Waals surface area contributed by atoms with Gasteiger partial charge in [0.1, 0.15) is 17.9 Å². The molecule has 6 nitrogen and oxygen atoms in total. The molecule has 0 atom stereocenters. The lowest BCUT2D eigenvalue weighted by molar-refractivity contribution is -0.141. The highest BCUT2D eigenvalue weighted by Gasteiger charge is 2.38. The van der Waals surface area contributed by atoms with Crippen LogP contribution in [0.1, 0.15) is 23.0 Å². The zero-order chi connectivity index (χ0) is 21.4. The summed E-state index contributed by atoms with van der Waals surface area (Å²) >= 11 is 0.